The molecule has 1 fully saturated rings. The van der Waals surface area contributed by atoms with Gasteiger partial charge in [0.05, 0.1) is 0 Å². The molecule has 0 saturated carbocycles. The number of rotatable bonds is 6. The number of benzene rings is 2. The summed E-state index contributed by atoms with van der Waals surface area (Å²) in [5.74, 6) is 0.0979. The fourth-order valence-electron chi connectivity index (χ4n) is 3.15. The molecule has 0 N–H and O–H groups in total. The van der Waals surface area contributed by atoms with Crippen molar-refractivity contribution in [3.63, 3.8) is 0 Å². The third-order valence-corrected chi connectivity index (χ3v) is 4.96. The van der Waals surface area contributed by atoms with E-state index in [1.807, 2.05) is 47.4 Å². The SMILES string of the molecule is O=C(CCC(=O)N1CCN(Cc2ccc(Cl)cc2)CC1)c1ccccc1. The Labute approximate surface area is 159 Å². The Kier molecular flexibility index (Phi) is 6.42. The minimum Gasteiger partial charge on any atom is -0.340 e. The van der Waals surface area contributed by atoms with Crippen molar-refractivity contribution in [2.45, 2.75) is 19.4 Å². The number of carbonyl (C=O) groups is 2. The lowest BCUT2D eigenvalue weighted by atomic mass is 10.1. The first-order chi connectivity index (χ1) is 12.6. The Morgan fingerprint density at radius 1 is 0.846 bits per heavy atom. The number of hydrogen-bond acceptors (Lipinski definition) is 3. The molecular formula is C21H23ClN2O2. The highest BCUT2D eigenvalue weighted by Gasteiger charge is 2.21. The van der Waals surface area contributed by atoms with E-state index in [1.54, 1.807) is 12.1 Å². The van der Waals surface area contributed by atoms with Crippen molar-refractivity contribution in [3.05, 3.63) is 70.7 Å². The predicted molar refractivity (Wildman–Crippen MR) is 103 cm³/mol. The van der Waals surface area contributed by atoms with E-state index in [4.69, 9.17) is 11.6 Å². The number of hydrogen-bond donors (Lipinski definition) is 0. The average molecular weight is 371 g/mol. The molecule has 0 aliphatic carbocycles. The van der Waals surface area contributed by atoms with E-state index in [9.17, 15) is 9.59 Å². The molecule has 0 bridgehead atoms. The Morgan fingerprint density at radius 3 is 2.15 bits per heavy atom. The Bertz CT molecular complexity index is 738. The van der Waals surface area contributed by atoms with Gasteiger partial charge in [0.1, 0.15) is 0 Å². The number of amides is 1. The highest BCUT2D eigenvalue weighted by Crippen LogP contribution is 2.14. The van der Waals surface area contributed by atoms with E-state index < -0.39 is 0 Å². The van der Waals surface area contributed by atoms with Gasteiger partial charge in [-0.25, -0.2) is 0 Å². The maximum Gasteiger partial charge on any atom is 0.223 e. The fraction of sp³-hybridized carbons (Fsp3) is 0.333. The molecule has 5 heteroatoms. The topological polar surface area (TPSA) is 40.6 Å². The highest BCUT2D eigenvalue weighted by atomic mass is 35.5. The van der Waals surface area contributed by atoms with E-state index in [0.29, 0.717) is 18.7 Å². The Hall–Kier alpha value is -2.17. The summed E-state index contributed by atoms with van der Waals surface area (Å²) in [7, 11) is 0. The van der Waals surface area contributed by atoms with Gasteiger partial charge in [0, 0.05) is 56.2 Å². The number of halogens is 1. The lowest BCUT2D eigenvalue weighted by molar-refractivity contribution is -0.132. The zero-order valence-electron chi connectivity index (χ0n) is 14.7. The van der Waals surface area contributed by atoms with Crippen molar-refractivity contribution in [1.82, 2.24) is 9.80 Å². The molecule has 3 rings (SSSR count). The van der Waals surface area contributed by atoms with Crippen molar-refractivity contribution in [2.24, 2.45) is 0 Å². The van der Waals surface area contributed by atoms with E-state index in [0.717, 1.165) is 24.7 Å². The molecule has 1 amide bonds. The van der Waals surface area contributed by atoms with Crippen molar-refractivity contribution in [1.29, 1.82) is 0 Å². The van der Waals surface area contributed by atoms with Crippen LogP contribution in [0.4, 0.5) is 0 Å². The van der Waals surface area contributed by atoms with Gasteiger partial charge in [-0.1, -0.05) is 54.1 Å². The smallest absolute Gasteiger partial charge is 0.223 e. The normalized spacial score (nSPS) is 15.0. The number of nitrogens with zero attached hydrogens (tertiary/aromatic N) is 2. The summed E-state index contributed by atoms with van der Waals surface area (Å²) in [5.41, 5.74) is 1.90. The zero-order valence-corrected chi connectivity index (χ0v) is 15.5. The van der Waals surface area contributed by atoms with Crippen LogP contribution >= 0.6 is 11.6 Å². The van der Waals surface area contributed by atoms with Crippen LogP contribution in [-0.2, 0) is 11.3 Å². The van der Waals surface area contributed by atoms with E-state index >= 15 is 0 Å². The molecule has 2 aromatic rings. The van der Waals surface area contributed by atoms with Gasteiger partial charge in [0.2, 0.25) is 5.91 Å². The molecular weight excluding hydrogens is 348 g/mol. The molecule has 2 aromatic carbocycles. The van der Waals surface area contributed by atoms with E-state index in [2.05, 4.69) is 4.90 Å². The van der Waals surface area contributed by atoms with E-state index in [-0.39, 0.29) is 24.5 Å². The molecule has 0 aromatic heterocycles. The quantitative estimate of drug-likeness (QED) is 0.729. The maximum absolute atomic E-state index is 12.4. The standard InChI is InChI=1S/C21H23ClN2O2/c22-19-8-6-17(7-9-19)16-23-12-14-24(15-13-23)21(26)11-10-20(25)18-4-2-1-3-5-18/h1-9H,10-16H2. The lowest BCUT2D eigenvalue weighted by Gasteiger charge is -2.34. The van der Waals surface area contributed by atoms with Gasteiger partial charge >= 0.3 is 0 Å². The van der Waals surface area contributed by atoms with Gasteiger partial charge < -0.3 is 4.90 Å². The number of carbonyl (C=O) groups excluding carboxylic acids is 2. The van der Waals surface area contributed by atoms with Crippen LogP contribution in [0, 0.1) is 0 Å². The summed E-state index contributed by atoms with van der Waals surface area (Å²) in [4.78, 5) is 28.7. The van der Waals surface area contributed by atoms with Crippen LogP contribution in [0.3, 0.4) is 0 Å². The van der Waals surface area contributed by atoms with Gasteiger partial charge in [0.25, 0.3) is 0 Å². The molecule has 0 unspecified atom stereocenters. The summed E-state index contributed by atoms with van der Waals surface area (Å²) in [6, 6.07) is 17.0. The summed E-state index contributed by atoms with van der Waals surface area (Å²) < 4.78 is 0. The Balaban J connectivity index is 1.42. The molecule has 0 atom stereocenters. The van der Waals surface area contributed by atoms with Gasteiger partial charge in [-0.3, -0.25) is 14.5 Å². The number of Topliss-reactive ketones (excluding diaryl/α,β-unsaturated/α-hetero) is 1. The van der Waals surface area contributed by atoms with Crippen molar-refractivity contribution in [3.8, 4) is 0 Å². The van der Waals surface area contributed by atoms with Crippen LogP contribution in [0.25, 0.3) is 0 Å². The van der Waals surface area contributed by atoms with Crippen molar-refractivity contribution in [2.75, 3.05) is 26.2 Å². The van der Waals surface area contributed by atoms with Crippen LogP contribution in [0.15, 0.2) is 54.6 Å². The lowest BCUT2D eigenvalue weighted by Crippen LogP contribution is -2.48. The first-order valence-electron chi connectivity index (χ1n) is 8.94. The summed E-state index contributed by atoms with van der Waals surface area (Å²) >= 11 is 5.92. The summed E-state index contributed by atoms with van der Waals surface area (Å²) in [6.07, 6.45) is 0.554. The molecule has 136 valence electrons. The molecule has 0 spiro atoms. The number of ketones is 1. The van der Waals surface area contributed by atoms with Crippen LogP contribution in [0.1, 0.15) is 28.8 Å². The van der Waals surface area contributed by atoms with Gasteiger partial charge in [-0.15, -0.1) is 0 Å². The minimum atomic E-state index is 0.0281. The average Bonchev–Trinajstić information content (AvgIpc) is 2.69. The molecule has 1 aliphatic heterocycles. The predicted octanol–water partition coefficient (Wildman–Crippen LogP) is 3.65. The molecule has 4 nitrogen and oxygen atoms in total. The molecule has 1 heterocycles. The third-order valence-electron chi connectivity index (χ3n) is 4.71. The van der Waals surface area contributed by atoms with Crippen LogP contribution in [0.5, 0.6) is 0 Å². The van der Waals surface area contributed by atoms with Crippen molar-refractivity contribution < 1.29 is 9.59 Å². The van der Waals surface area contributed by atoms with Gasteiger partial charge in [-0.05, 0) is 17.7 Å². The highest BCUT2D eigenvalue weighted by molar-refractivity contribution is 6.30. The monoisotopic (exact) mass is 370 g/mol. The molecule has 26 heavy (non-hydrogen) atoms. The van der Waals surface area contributed by atoms with Crippen LogP contribution in [0.2, 0.25) is 5.02 Å². The molecule has 0 radical (unpaired) electrons. The molecule has 1 saturated heterocycles. The second-order valence-electron chi connectivity index (χ2n) is 6.57. The third kappa shape index (κ3) is 5.16. The van der Waals surface area contributed by atoms with Gasteiger partial charge in [0.15, 0.2) is 5.78 Å². The molecule has 1 aliphatic rings. The first kappa shape index (κ1) is 18.6. The first-order valence-corrected chi connectivity index (χ1v) is 9.32. The second kappa shape index (κ2) is 8.97. The minimum absolute atomic E-state index is 0.0281. The Morgan fingerprint density at radius 2 is 1.50 bits per heavy atom. The maximum atomic E-state index is 12.4. The largest absolute Gasteiger partial charge is 0.340 e. The van der Waals surface area contributed by atoms with Crippen LogP contribution < -0.4 is 0 Å². The van der Waals surface area contributed by atoms with Crippen molar-refractivity contribution >= 4 is 23.3 Å². The van der Waals surface area contributed by atoms with E-state index in [1.165, 1.54) is 5.56 Å². The zero-order chi connectivity index (χ0) is 18.4. The summed E-state index contributed by atoms with van der Waals surface area (Å²) in [5, 5.41) is 0.745. The fourth-order valence-corrected chi connectivity index (χ4v) is 3.28. The summed E-state index contributed by atoms with van der Waals surface area (Å²) in [6.45, 7) is 3.99. The number of piperazine rings is 1. The van der Waals surface area contributed by atoms with Gasteiger partial charge in [-0.2, -0.15) is 0 Å². The van der Waals surface area contributed by atoms with Crippen LogP contribution in [-0.4, -0.2) is 47.7 Å². The second-order valence-corrected chi connectivity index (χ2v) is 7.01.